The Hall–Kier alpha value is -0.170. The average molecular weight is 261 g/mol. The van der Waals surface area contributed by atoms with Crippen LogP contribution in [0.2, 0.25) is 0 Å². The van der Waals surface area contributed by atoms with Gasteiger partial charge in [0.1, 0.15) is 0 Å². The fourth-order valence-corrected chi connectivity index (χ4v) is 4.74. The molecular formula is C11H23N3O2S. The van der Waals surface area contributed by atoms with Gasteiger partial charge in [-0.15, -0.1) is 0 Å². The van der Waals surface area contributed by atoms with Crippen LogP contribution >= 0.6 is 0 Å². The molecule has 0 aromatic rings. The highest BCUT2D eigenvalue weighted by Gasteiger charge is 2.47. The van der Waals surface area contributed by atoms with Gasteiger partial charge in [0, 0.05) is 25.2 Å². The van der Waals surface area contributed by atoms with Crippen molar-refractivity contribution < 1.29 is 8.42 Å². The summed E-state index contributed by atoms with van der Waals surface area (Å²) in [6.45, 7) is 8.28. The van der Waals surface area contributed by atoms with Crippen LogP contribution in [0.4, 0.5) is 0 Å². The van der Waals surface area contributed by atoms with Gasteiger partial charge in [-0.25, -0.2) is 4.72 Å². The van der Waals surface area contributed by atoms with E-state index in [4.69, 9.17) is 0 Å². The fraction of sp³-hybridized carbons (Fsp3) is 1.00. The van der Waals surface area contributed by atoms with Gasteiger partial charge in [-0.05, 0) is 31.7 Å². The minimum atomic E-state index is -3.32. The first-order chi connectivity index (χ1) is 7.92. The molecule has 0 aliphatic carbocycles. The van der Waals surface area contributed by atoms with Crippen molar-refractivity contribution in [1.29, 1.82) is 0 Å². The highest BCUT2D eigenvalue weighted by molar-refractivity contribution is 7.87. The molecule has 2 rings (SSSR count). The maximum absolute atomic E-state index is 12.3. The third-order valence-electron chi connectivity index (χ3n) is 3.66. The summed E-state index contributed by atoms with van der Waals surface area (Å²) in [6.07, 6.45) is 0.972. The molecule has 2 saturated heterocycles. The average Bonchev–Trinajstić information content (AvgIpc) is 2.73. The van der Waals surface area contributed by atoms with Crippen LogP contribution in [0.15, 0.2) is 0 Å². The predicted molar refractivity (Wildman–Crippen MR) is 67.8 cm³/mol. The number of fused-ring (bicyclic) bond motifs is 1. The molecule has 2 N–H and O–H groups in total. The van der Waals surface area contributed by atoms with Gasteiger partial charge >= 0.3 is 0 Å². The number of nitrogens with zero attached hydrogens (tertiary/aromatic N) is 1. The van der Waals surface area contributed by atoms with Crippen molar-refractivity contribution in [2.24, 2.45) is 11.8 Å². The summed E-state index contributed by atoms with van der Waals surface area (Å²) in [4.78, 5) is 0. The van der Waals surface area contributed by atoms with Crippen LogP contribution in [0.1, 0.15) is 27.2 Å². The monoisotopic (exact) mass is 261 g/mol. The topological polar surface area (TPSA) is 61.4 Å². The quantitative estimate of drug-likeness (QED) is 0.758. The van der Waals surface area contributed by atoms with Gasteiger partial charge in [0.2, 0.25) is 0 Å². The summed E-state index contributed by atoms with van der Waals surface area (Å²) in [6, 6.07) is 0.270. The van der Waals surface area contributed by atoms with Crippen molar-refractivity contribution in [3.63, 3.8) is 0 Å². The molecule has 0 saturated carbocycles. The molecular weight excluding hydrogens is 238 g/mol. The lowest BCUT2D eigenvalue weighted by atomic mass is 10.0. The summed E-state index contributed by atoms with van der Waals surface area (Å²) in [5.74, 6) is 0.820. The Morgan fingerprint density at radius 1 is 1.41 bits per heavy atom. The third kappa shape index (κ3) is 2.65. The second-order valence-corrected chi connectivity index (χ2v) is 7.31. The highest BCUT2D eigenvalue weighted by atomic mass is 32.2. The van der Waals surface area contributed by atoms with Crippen molar-refractivity contribution in [3.05, 3.63) is 0 Å². The summed E-state index contributed by atoms with van der Waals surface area (Å²) in [5.41, 5.74) is 0. The summed E-state index contributed by atoms with van der Waals surface area (Å²) >= 11 is 0. The molecule has 2 heterocycles. The molecule has 0 radical (unpaired) electrons. The lowest BCUT2D eigenvalue weighted by Crippen LogP contribution is -2.49. The van der Waals surface area contributed by atoms with Crippen molar-refractivity contribution in [3.8, 4) is 0 Å². The van der Waals surface area contributed by atoms with Crippen LogP contribution < -0.4 is 10.0 Å². The van der Waals surface area contributed by atoms with Gasteiger partial charge in [0.15, 0.2) is 0 Å². The minimum Gasteiger partial charge on any atom is -0.315 e. The fourth-order valence-electron chi connectivity index (χ4n) is 2.89. The van der Waals surface area contributed by atoms with E-state index < -0.39 is 10.2 Å². The molecule has 2 aliphatic rings. The normalized spacial score (nSPS) is 34.5. The Labute approximate surface area is 104 Å². The Morgan fingerprint density at radius 2 is 2.12 bits per heavy atom. The molecule has 3 unspecified atom stereocenters. The van der Waals surface area contributed by atoms with Crippen LogP contribution in [-0.4, -0.2) is 44.4 Å². The standard InChI is InChI=1S/C11H23N3O2S/c1-8(2)5-13-17(15,16)14-9(3)4-10-6-12-7-11(10)14/h8-13H,4-7H2,1-3H3. The second-order valence-electron chi connectivity index (χ2n) is 5.65. The smallest absolute Gasteiger partial charge is 0.280 e. The summed E-state index contributed by atoms with van der Waals surface area (Å²) in [5, 5.41) is 3.28. The molecule has 0 amide bonds. The van der Waals surface area contributed by atoms with Gasteiger partial charge in [0.05, 0.1) is 0 Å². The first-order valence-corrected chi connectivity index (χ1v) is 7.84. The van der Waals surface area contributed by atoms with Crippen molar-refractivity contribution >= 4 is 10.2 Å². The van der Waals surface area contributed by atoms with Gasteiger partial charge in [-0.3, -0.25) is 0 Å². The predicted octanol–water partition coefficient (Wildman–Crippen LogP) is 0.159. The van der Waals surface area contributed by atoms with Gasteiger partial charge in [-0.1, -0.05) is 13.8 Å². The Balaban J connectivity index is 2.09. The van der Waals surface area contributed by atoms with Crippen molar-refractivity contribution in [2.75, 3.05) is 19.6 Å². The molecule has 0 spiro atoms. The van der Waals surface area contributed by atoms with Crippen LogP contribution in [0.3, 0.4) is 0 Å². The van der Waals surface area contributed by atoms with Crippen molar-refractivity contribution in [2.45, 2.75) is 39.3 Å². The number of hydrogen-bond donors (Lipinski definition) is 2. The largest absolute Gasteiger partial charge is 0.315 e. The molecule has 0 aromatic heterocycles. The third-order valence-corrected chi connectivity index (χ3v) is 5.38. The minimum absolute atomic E-state index is 0.122. The Kier molecular flexibility index (Phi) is 3.77. The van der Waals surface area contributed by atoms with Crippen LogP contribution in [0.25, 0.3) is 0 Å². The van der Waals surface area contributed by atoms with Gasteiger partial charge in [-0.2, -0.15) is 12.7 Å². The molecule has 0 bridgehead atoms. The second kappa shape index (κ2) is 4.84. The van der Waals surface area contributed by atoms with Gasteiger partial charge in [0.25, 0.3) is 10.2 Å². The van der Waals surface area contributed by atoms with Crippen LogP contribution in [0.5, 0.6) is 0 Å². The van der Waals surface area contributed by atoms with E-state index in [1.807, 2.05) is 20.8 Å². The number of nitrogens with one attached hydrogen (secondary N) is 2. The van der Waals surface area contributed by atoms with Gasteiger partial charge < -0.3 is 5.32 Å². The number of rotatable bonds is 4. The molecule has 0 aromatic carbocycles. The van der Waals surface area contributed by atoms with E-state index in [2.05, 4.69) is 10.0 Å². The zero-order valence-electron chi connectivity index (χ0n) is 10.8. The van der Waals surface area contributed by atoms with Crippen LogP contribution in [0, 0.1) is 11.8 Å². The molecule has 2 aliphatic heterocycles. The molecule has 6 heteroatoms. The van der Waals surface area contributed by atoms with E-state index in [1.165, 1.54) is 0 Å². The van der Waals surface area contributed by atoms with E-state index in [9.17, 15) is 8.42 Å². The number of hydrogen-bond acceptors (Lipinski definition) is 3. The molecule has 17 heavy (non-hydrogen) atoms. The van der Waals surface area contributed by atoms with E-state index in [0.717, 1.165) is 19.5 Å². The van der Waals surface area contributed by atoms with Crippen LogP contribution in [-0.2, 0) is 10.2 Å². The van der Waals surface area contributed by atoms with Crippen molar-refractivity contribution in [1.82, 2.24) is 14.3 Å². The molecule has 3 atom stereocenters. The Morgan fingerprint density at radius 3 is 2.76 bits per heavy atom. The zero-order chi connectivity index (χ0) is 12.6. The lowest BCUT2D eigenvalue weighted by Gasteiger charge is -2.27. The van der Waals surface area contributed by atoms with E-state index >= 15 is 0 Å². The zero-order valence-corrected chi connectivity index (χ0v) is 11.6. The maximum Gasteiger partial charge on any atom is 0.280 e. The Bertz CT molecular complexity index is 369. The highest BCUT2D eigenvalue weighted by Crippen LogP contribution is 2.33. The SMILES string of the molecule is CC(C)CNS(=O)(=O)N1C(C)CC2CNCC21. The molecule has 5 nitrogen and oxygen atoms in total. The summed E-state index contributed by atoms with van der Waals surface area (Å²) in [7, 11) is -3.32. The van der Waals surface area contributed by atoms with E-state index in [1.54, 1.807) is 4.31 Å². The molecule has 2 fully saturated rings. The first-order valence-electron chi connectivity index (χ1n) is 6.40. The lowest BCUT2D eigenvalue weighted by molar-refractivity contribution is 0.329. The summed E-state index contributed by atoms with van der Waals surface area (Å²) < 4.78 is 28.9. The molecule has 100 valence electrons. The van der Waals surface area contributed by atoms with E-state index in [0.29, 0.717) is 18.4 Å². The maximum atomic E-state index is 12.3. The van der Waals surface area contributed by atoms with E-state index in [-0.39, 0.29) is 12.1 Å². The first kappa shape index (κ1) is 13.3.